The molecule has 0 aliphatic rings. The van der Waals surface area contributed by atoms with Gasteiger partial charge >= 0.3 is 8.03 Å². The average Bonchev–Trinajstić information content (AvgIpc) is 1.65. The summed E-state index contributed by atoms with van der Waals surface area (Å²) in [5.74, 6) is 0. The molecule has 48 valence electrons. The maximum absolute atomic E-state index is 9.90. The van der Waals surface area contributed by atoms with Crippen molar-refractivity contribution in [3.63, 3.8) is 0 Å². The predicted octanol–water partition coefficient (Wildman–Crippen LogP) is -0.959. The molecule has 0 rings (SSSR count). The number of rotatable bonds is 3. The van der Waals surface area contributed by atoms with Gasteiger partial charge in [-0.2, -0.15) is 4.89 Å². The maximum Gasteiger partial charge on any atom is 0.508 e. The van der Waals surface area contributed by atoms with Gasteiger partial charge in [-0.25, -0.2) is 0 Å². The number of hydrogen-bond donors (Lipinski definition) is 3. The first kappa shape index (κ1) is 7.98. The highest BCUT2D eigenvalue weighted by Crippen LogP contribution is 2.12. The van der Waals surface area contributed by atoms with E-state index in [1.54, 1.807) is 0 Å². The summed E-state index contributed by atoms with van der Waals surface area (Å²) in [6.45, 7) is 0.0433. The Morgan fingerprint density at radius 1 is 1.75 bits per heavy atom. The van der Waals surface area contributed by atoms with E-state index in [0.29, 0.717) is 0 Å². The van der Waals surface area contributed by atoms with Crippen molar-refractivity contribution in [1.82, 2.24) is 0 Å². The van der Waals surface area contributed by atoms with Crippen LogP contribution in [-0.2, 0) is 4.57 Å². The van der Waals surface area contributed by atoms with Crippen LogP contribution in [0, 0.1) is 0 Å². The summed E-state index contributed by atoms with van der Waals surface area (Å²) in [5.41, 5.74) is 4.93. The molecule has 4 N–H and O–H groups in total. The molecule has 0 amide bonds. The topological polar surface area (TPSA) is 83.5 Å². The van der Waals surface area contributed by atoms with Crippen LogP contribution in [0.15, 0.2) is 0 Å². The summed E-state index contributed by atoms with van der Waals surface area (Å²) in [5, 5.41) is 8.56. The molecule has 0 fully saturated rings. The SMILES string of the molecule is NCC(O)C[P+](=O)O. The van der Waals surface area contributed by atoms with Crippen molar-refractivity contribution >= 4 is 8.03 Å². The highest BCUT2D eigenvalue weighted by molar-refractivity contribution is 7.38. The lowest BCUT2D eigenvalue weighted by atomic mass is 10.4. The van der Waals surface area contributed by atoms with Crippen LogP contribution in [0.4, 0.5) is 0 Å². The zero-order valence-corrected chi connectivity index (χ0v) is 5.21. The number of hydrogen-bond acceptors (Lipinski definition) is 3. The van der Waals surface area contributed by atoms with Crippen LogP contribution in [0.2, 0.25) is 0 Å². The van der Waals surface area contributed by atoms with Gasteiger partial charge in [0.25, 0.3) is 0 Å². The summed E-state index contributed by atoms with van der Waals surface area (Å²) >= 11 is 0. The Morgan fingerprint density at radius 3 is 2.38 bits per heavy atom. The van der Waals surface area contributed by atoms with Crippen molar-refractivity contribution in [3.8, 4) is 0 Å². The Morgan fingerprint density at radius 2 is 2.25 bits per heavy atom. The van der Waals surface area contributed by atoms with Gasteiger partial charge in [0.15, 0.2) is 0 Å². The first-order valence-corrected chi connectivity index (χ1v) is 3.58. The van der Waals surface area contributed by atoms with Crippen molar-refractivity contribution in [3.05, 3.63) is 0 Å². The second-order valence-electron chi connectivity index (χ2n) is 1.42. The van der Waals surface area contributed by atoms with E-state index in [9.17, 15) is 4.57 Å². The largest absolute Gasteiger partial charge is 0.508 e. The highest BCUT2D eigenvalue weighted by atomic mass is 31.1. The molecule has 0 heterocycles. The van der Waals surface area contributed by atoms with E-state index >= 15 is 0 Å². The predicted molar refractivity (Wildman–Crippen MR) is 29.8 cm³/mol. The van der Waals surface area contributed by atoms with E-state index in [0.717, 1.165) is 0 Å². The van der Waals surface area contributed by atoms with Crippen molar-refractivity contribution in [2.24, 2.45) is 5.73 Å². The highest BCUT2D eigenvalue weighted by Gasteiger charge is 2.16. The molecule has 0 aromatic rings. The molecular weight excluding hydrogens is 129 g/mol. The van der Waals surface area contributed by atoms with Crippen LogP contribution in [0.1, 0.15) is 0 Å². The minimum atomic E-state index is -2.23. The molecule has 0 saturated carbocycles. The smallest absolute Gasteiger partial charge is 0.387 e. The zero-order chi connectivity index (χ0) is 6.57. The van der Waals surface area contributed by atoms with Crippen LogP contribution >= 0.6 is 8.03 Å². The third-order valence-corrected chi connectivity index (χ3v) is 1.37. The fourth-order valence-electron chi connectivity index (χ4n) is 0.255. The van der Waals surface area contributed by atoms with Crippen molar-refractivity contribution in [1.29, 1.82) is 0 Å². The molecule has 0 aromatic carbocycles. The van der Waals surface area contributed by atoms with Gasteiger partial charge in [0.05, 0.1) is 0 Å². The normalized spacial score (nSPS) is 15.6. The van der Waals surface area contributed by atoms with Gasteiger partial charge < -0.3 is 10.8 Å². The van der Waals surface area contributed by atoms with Crippen molar-refractivity contribution in [2.45, 2.75) is 6.10 Å². The van der Waals surface area contributed by atoms with Crippen LogP contribution in [0.25, 0.3) is 0 Å². The minimum absolute atomic E-state index is 0.0433. The zero-order valence-electron chi connectivity index (χ0n) is 4.32. The van der Waals surface area contributed by atoms with E-state index in [1.807, 2.05) is 0 Å². The molecule has 5 heteroatoms. The monoisotopic (exact) mass is 138 g/mol. The lowest BCUT2D eigenvalue weighted by Gasteiger charge is -1.94. The standard InChI is InChI=1S/C3H8NO3P/c4-1-3(5)2-8(6)7/h3,5H,1-2,4H2/p+1. The molecule has 2 atom stereocenters. The van der Waals surface area contributed by atoms with Gasteiger partial charge in [0.2, 0.25) is 6.16 Å². The minimum Gasteiger partial charge on any atom is -0.387 e. The van der Waals surface area contributed by atoms with Gasteiger partial charge in [0.1, 0.15) is 6.10 Å². The lowest BCUT2D eigenvalue weighted by molar-refractivity contribution is 0.204. The Hall–Kier alpha value is -0.0200. The van der Waals surface area contributed by atoms with Crippen LogP contribution < -0.4 is 5.73 Å². The van der Waals surface area contributed by atoms with Gasteiger partial charge in [0, 0.05) is 6.54 Å². The molecule has 0 aliphatic heterocycles. The van der Waals surface area contributed by atoms with Gasteiger partial charge in [-0.15, -0.1) is 0 Å². The van der Waals surface area contributed by atoms with Crippen LogP contribution in [0.5, 0.6) is 0 Å². The fourth-order valence-corrected chi connectivity index (χ4v) is 0.764. The Bertz CT molecular complexity index is 86.6. The maximum atomic E-state index is 9.90. The molecule has 0 aliphatic carbocycles. The van der Waals surface area contributed by atoms with E-state index in [2.05, 4.69) is 0 Å². The number of nitrogens with two attached hydrogens (primary N) is 1. The molecule has 0 saturated heterocycles. The molecular formula is C3H9NO3P+. The lowest BCUT2D eigenvalue weighted by Crippen LogP contribution is -2.21. The average molecular weight is 138 g/mol. The molecule has 0 radical (unpaired) electrons. The first-order valence-electron chi connectivity index (χ1n) is 2.18. The Kier molecular flexibility index (Phi) is 3.91. The second-order valence-corrected chi connectivity index (χ2v) is 2.49. The van der Waals surface area contributed by atoms with E-state index in [4.69, 9.17) is 15.7 Å². The van der Waals surface area contributed by atoms with Crippen molar-refractivity contribution in [2.75, 3.05) is 12.7 Å². The Balaban J connectivity index is 3.24. The fraction of sp³-hybridized carbons (Fsp3) is 1.00. The van der Waals surface area contributed by atoms with Crippen LogP contribution in [-0.4, -0.2) is 28.8 Å². The Labute approximate surface area is 48.2 Å². The van der Waals surface area contributed by atoms with E-state index in [1.165, 1.54) is 0 Å². The summed E-state index contributed by atoms with van der Waals surface area (Å²) in [4.78, 5) is 8.15. The van der Waals surface area contributed by atoms with Crippen molar-refractivity contribution < 1.29 is 14.6 Å². The molecule has 0 aromatic heterocycles. The summed E-state index contributed by atoms with van der Waals surface area (Å²) in [7, 11) is -2.23. The second kappa shape index (κ2) is 3.92. The number of aliphatic hydroxyl groups is 1. The quantitative estimate of drug-likeness (QED) is 0.438. The summed E-state index contributed by atoms with van der Waals surface area (Å²) in [6.07, 6.45) is -0.949. The molecule has 0 bridgehead atoms. The van der Waals surface area contributed by atoms with Gasteiger partial charge in [-0.05, 0) is 4.57 Å². The molecule has 4 nitrogen and oxygen atoms in total. The number of aliphatic hydroxyl groups excluding tert-OH is 1. The molecule has 8 heavy (non-hydrogen) atoms. The third-order valence-electron chi connectivity index (χ3n) is 0.639. The molecule has 0 spiro atoms. The third kappa shape index (κ3) is 4.15. The summed E-state index contributed by atoms with van der Waals surface area (Å²) < 4.78 is 9.90. The first-order chi connectivity index (χ1) is 3.66. The van der Waals surface area contributed by atoms with Gasteiger partial charge in [-0.3, -0.25) is 0 Å². The molecule has 2 unspecified atom stereocenters. The van der Waals surface area contributed by atoms with Crippen LogP contribution in [0.3, 0.4) is 0 Å². The van der Waals surface area contributed by atoms with E-state index < -0.39 is 14.1 Å². The summed E-state index contributed by atoms with van der Waals surface area (Å²) in [6, 6.07) is 0. The van der Waals surface area contributed by atoms with Gasteiger partial charge in [-0.1, -0.05) is 0 Å². The van der Waals surface area contributed by atoms with E-state index in [-0.39, 0.29) is 12.7 Å².